The van der Waals surface area contributed by atoms with Gasteiger partial charge in [0.25, 0.3) is 0 Å². The van der Waals surface area contributed by atoms with Crippen LogP contribution in [0.1, 0.15) is 25.0 Å². The lowest BCUT2D eigenvalue weighted by atomic mass is 9.82. The van der Waals surface area contributed by atoms with Crippen LogP contribution in [0.5, 0.6) is 0 Å². The monoisotopic (exact) mass is 689 g/mol. The predicted octanol–water partition coefficient (Wildman–Crippen LogP) is 14.8. The first-order valence-corrected chi connectivity index (χ1v) is 18.9. The van der Waals surface area contributed by atoms with Crippen LogP contribution in [0.4, 0.5) is 17.1 Å². The van der Waals surface area contributed by atoms with Gasteiger partial charge in [0.05, 0.1) is 11.4 Å². The third-order valence-corrected chi connectivity index (χ3v) is 11.5. The van der Waals surface area contributed by atoms with Crippen LogP contribution in [0.15, 0.2) is 200 Å². The molecule has 0 aliphatic heterocycles. The molecule has 1 nitrogen and oxygen atoms in total. The molecule has 10 rings (SSSR count). The minimum atomic E-state index is -0.128. The molecule has 0 unspecified atom stereocenters. The quantitative estimate of drug-likeness (QED) is 0.168. The first-order chi connectivity index (χ1) is 26.6. The van der Waals surface area contributed by atoms with E-state index in [9.17, 15) is 0 Å². The molecule has 0 heterocycles. The smallest absolute Gasteiger partial charge is 0.0546 e. The maximum atomic E-state index is 2.52. The maximum absolute atomic E-state index is 2.52. The molecular weight excluding hydrogens is 651 g/mol. The molecule has 0 bridgehead atoms. The fourth-order valence-corrected chi connectivity index (χ4v) is 8.82. The van der Waals surface area contributed by atoms with E-state index >= 15 is 0 Å². The third kappa shape index (κ3) is 5.16. The summed E-state index contributed by atoms with van der Waals surface area (Å²) in [6.45, 7) is 4.73. The topological polar surface area (TPSA) is 3.24 Å². The largest absolute Gasteiger partial charge is 0.309 e. The van der Waals surface area contributed by atoms with Crippen molar-refractivity contribution in [3.63, 3.8) is 0 Å². The van der Waals surface area contributed by atoms with Crippen molar-refractivity contribution in [1.82, 2.24) is 0 Å². The molecule has 0 fully saturated rings. The minimum absolute atomic E-state index is 0.128. The summed E-state index contributed by atoms with van der Waals surface area (Å²) in [6.07, 6.45) is 0. The molecular formula is C53H39N. The normalized spacial score (nSPS) is 12.8. The van der Waals surface area contributed by atoms with E-state index < -0.39 is 0 Å². The van der Waals surface area contributed by atoms with Crippen LogP contribution in [0.25, 0.3) is 66.1 Å². The zero-order valence-electron chi connectivity index (χ0n) is 30.5. The molecule has 0 saturated heterocycles. The average Bonchev–Trinajstić information content (AvgIpc) is 3.47. The van der Waals surface area contributed by atoms with E-state index in [1.165, 1.54) is 82.9 Å². The Hall–Kier alpha value is -6.70. The zero-order valence-corrected chi connectivity index (χ0v) is 30.5. The summed E-state index contributed by atoms with van der Waals surface area (Å²) in [4.78, 5) is 2.52. The first-order valence-electron chi connectivity index (χ1n) is 18.9. The molecule has 1 aliphatic rings. The molecule has 0 atom stereocenters. The number of hydrogen-bond acceptors (Lipinski definition) is 1. The molecule has 9 aromatic carbocycles. The average molecular weight is 690 g/mol. The summed E-state index contributed by atoms with van der Waals surface area (Å²) in [5.41, 5.74) is 15.8. The summed E-state index contributed by atoms with van der Waals surface area (Å²) in [6, 6.07) is 73.6. The number of fused-ring (bicyclic) bond motifs is 5. The molecule has 0 N–H and O–H groups in total. The minimum Gasteiger partial charge on any atom is -0.309 e. The van der Waals surface area contributed by atoms with Gasteiger partial charge in [-0.1, -0.05) is 184 Å². The van der Waals surface area contributed by atoms with Crippen molar-refractivity contribution in [2.45, 2.75) is 19.3 Å². The molecule has 256 valence electrons. The molecule has 54 heavy (non-hydrogen) atoms. The van der Waals surface area contributed by atoms with Gasteiger partial charge in [-0.15, -0.1) is 0 Å². The highest BCUT2D eigenvalue weighted by Gasteiger charge is 2.38. The van der Waals surface area contributed by atoms with Crippen LogP contribution < -0.4 is 4.90 Å². The van der Waals surface area contributed by atoms with E-state index in [1.807, 2.05) is 0 Å². The maximum Gasteiger partial charge on any atom is 0.0546 e. The molecule has 0 spiro atoms. The first kappa shape index (κ1) is 32.0. The highest BCUT2D eigenvalue weighted by molar-refractivity contribution is 6.07. The lowest BCUT2D eigenvalue weighted by molar-refractivity contribution is 0.660. The second-order valence-corrected chi connectivity index (χ2v) is 14.9. The number of benzene rings is 9. The molecule has 0 saturated carbocycles. The van der Waals surface area contributed by atoms with Gasteiger partial charge in [-0.2, -0.15) is 0 Å². The Kier molecular flexibility index (Phi) is 7.56. The van der Waals surface area contributed by atoms with Crippen molar-refractivity contribution < 1.29 is 0 Å². The van der Waals surface area contributed by atoms with Crippen molar-refractivity contribution in [1.29, 1.82) is 0 Å². The molecule has 9 aromatic rings. The van der Waals surface area contributed by atoms with Crippen LogP contribution >= 0.6 is 0 Å². The third-order valence-electron chi connectivity index (χ3n) is 11.5. The van der Waals surface area contributed by atoms with Crippen molar-refractivity contribution in [3.05, 3.63) is 211 Å². The number of anilines is 3. The summed E-state index contributed by atoms with van der Waals surface area (Å²) in [5, 5.41) is 4.94. The second kappa shape index (κ2) is 12.8. The second-order valence-electron chi connectivity index (χ2n) is 14.9. The van der Waals surface area contributed by atoms with E-state index in [0.717, 1.165) is 11.4 Å². The fraction of sp³-hybridized carbons (Fsp3) is 0.0566. The van der Waals surface area contributed by atoms with Crippen molar-refractivity contribution in [2.24, 2.45) is 0 Å². The van der Waals surface area contributed by atoms with Gasteiger partial charge < -0.3 is 4.90 Å². The van der Waals surface area contributed by atoms with Crippen LogP contribution in [0, 0.1) is 0 Å². The molecule has 0 aromatic heterocycles. The van der Waals surface area contributed by atoms with E-state index in [4.69, 9.17) is 0 Å². The van der Waals surface area contributed by atoms with Gasteiger partial charge in [-0.05, 0) is 96.4 Å². The number of nitrogens with zero attached hydrogens (tertiary/aromatic N) is 1. The Morgan fingerprint density at radius 2 is 0.907 bits per heavy atom. The highest BCUT2D eigenvalue weighted by atomic mass is 15.1. The molecule has 0 amide bonds. The van der Waals surface area contributed by atoms with Crippen molar-refractivity contribution >= 4 is 38.6 Å². The van der Waals surface area contributed by atoms with E-state index in [1.54, 1.807) is 0 Å². The van der Waals surface area contributed by atoms with Gasteiger partial charge in [-0.3, -0.25) is 0 Å². The van der Waals surface area contributed by atoms with Crippen LogP contribution in [-0.2, 0) is 5.41 Å². The Balaban J connectivity index is 1.30. The summed E-state index contributed by atoms with van der Waals surface area (Å²) >= 11 is 0. The van der Waals surface area contributed by atoms with Gasteiger partial charge in [0.2, 0.25) is 0 Å². The zero-order chi connectivity index (χ0) is 36.2. The Morgan fingerprint density at radius 1 is 0.352 bits per heavy atom. The highest BCUT2D eigenvalue weighted by Crippen LogP contribution is 2.55. The van der Waals surface area contributed by atoms with Gasteiger partial charge in [0.15, 0.2) is 0 Å². The number of hydrogen-bond donors (Lipinski definition) is 0. The number of rotatable bonds is 6. The van der Waals surface area contributed by atoms with Crippen LogP contribution in [0.3, 0.4) is 0 Å². The lowest BCUT2D eigenvalue weighted by Crippen LogP contribution is -2.16. The van der Waals surface area contributed by atoms with Gasteiger partial charge in [-0.25, -0.2) is 0 Å². The van der Waals surface area contributed by atoms with Crippen LogP contribution in [0.2, 0.25) is 0 Å². The van der Waals surface area contributed by atoms with Gasteiger partial charge in [0, 0.05) is 22.2 Å². The van der Waals surface area contributed by atoms with E-state index in [-0.39, 0.29) is 5.41 Å². The van der Waals surface area contributed by atoms with E-state index in [2.05, 4.69) is 219 Å². The van der Waals surface area contributed by atoms with Crippen molar-refractivity contribution in [2.75, 3.05) is 4.90 Å². The van der Waals surface area contributed by atoms with Crippen LogP contribution in [-0.4, -0.2) is 0 Å². The Morgan fingerprint density at radius 3 is 1.74 bits per heavy atom. The lowest BCUT2D eigenvalue weighted by Gasteiger charge is -2.32. The predicted molar refractivity (Wildman–Crippen MR) is 230 cm³/mol. The van der Waals surface area contributed by atoms with Gasteiger partial charge >= 0.3 is 0 Å². The van der Waals surface area contributed by atoms with Gasteiger partial charge in [0.1, 0.15) is 0 Å². The summed E-state index contributed by atoms with van der Waals surface area (Å²) < 4.78 is 0. The van der Waals surface area contributed by atoms with E-state index in [0.29, 0.717) is 0 Å². The Labute approximate surface area is 317 Å². The SMILES string of the molecule is CC1(C)c2ccccc2-c2c(N(c3ccc(-c4ccccc4)cc3)c3cccc(-c4cccc5ccccc45)c3-c3ccc4ccccc4c3)cccc21. The molecule has 1 aliphatic carbocycles. The summed E-state index contributed by atoms with van der Waals surface area (Å²) in [7, 11) is 0. The molecule has 0 radical (unpaired) electrons. The molecule has 1 heteroatoms. The summed E-state index contributed by atoms with van der Waals surface area (Å²) in [5.74, 6) is 0. The van der Waals surface area contributed by atoms with Crippen molar-refractivity contribution in [3.8, 4) is 44.5 Å². The Bertz CT molecular complexity index is 2840. The fourth-order valence-electron chi connectivity index (χ4n) is 8.82. The standard InChI is InChI=1S/C53H39N/c1-53(2)47-25-11-10-22-46(47)52-48(53)26-14-28-50(52)54(42-33-31-38(32-34-42)36-15-4-3-5-16-36)49-27-13-24-45(44-23-12-20-39-18-8-9-21-43(39)44)51(49)41-30-29-37-17-6-7-19-40(37)35-41/h3-35H,1-2H3.